The van der Waals surface area contributed by atoms with E-state index < -0.39 is 59.8 Å². The number of carbonyl (C=O) groups excluding carboxylic acids is 1. The number of phenolic OH excluding ortho intramolecular Hbond substituents is 1. The van der Waals surface area contributed by atoms with E-state index in [0.29, 0.717) is 33.3 Å². The highest BCUT2D eigenvalue weighted by atomic mass is 32.2. The number of carbonyl (C=O) groups is 1. The Morgan fingerprint density at radius 1 is 0.808 bits per heavy atom. The number of hydrogen-bond donors (Lipinski definition) is 8. The molecule has 0 saturated carbocycles. The molecule has 7 aromatic rings. The highest BCUT2D eigenvalue weighted by Gasteiger charge is 2.26. The van der Waals surface area contributed by atoms with Crippen molar-refractivity contribution >= 4 is 152 Å². The molecule has 0 fully saturated rings. The van der Waals surface area contributed by atoms with Gasteiger partial charge in [-0.2, -0.15) is 16.8 Å². The van der Waals surface area contributed by atoms with Gasteiger partial charge in [0.2, 0.25) is 5.88 Å². The van der Waals surface area contributed by atoms with Crippen molar-refractivity contribution in [2.24, 2.45) is 36.4 Å². The Bertz CT molecular complexity index is 3650. The number of anilines is 1. The topological polar surface area (TPSA) is 438 Å². The zero-order chi connectivity index (χ0) is 56.1. The van der Waals surface area contributed by atoms with Gasteiger partial charge in [-0.15, -0.1) is 53.9 Å². The SMILES string of the molecule is COc1cc(N=Nc2c(SOOO)cc3cc(S(=O)(=O)O)c(N=Nc4c(C)c(C(N)=O)c5nc6ccccc6n5c4O)cc3c2O)c(N(CCCSOOO)CCCS(=O)(=O)O)cc1N=Nc1nnc(SCCSOOO)s1. The molecule has 0 aliphatic heterocycles. The molecule has 0 spiro atoms. The second-order valence-corrected chi connectivity index (χ2v) is 22.9. The van der Waals surface area contributed by atoms with Crippen LogP contribution in [0.25, 0.3) is 27.5 Å². The molecule has 3 heterocycles. The molecule has 1 amide bonds. The van der Waals surface area contributed by atoms with Gasteiger partial charge in [0.15, 0.2) is 15.7 Å². The van der Waals surface area contributed by atoms with Crippen LogP contribution in [0.5, 0.6) is 17.4 Å². The van der Waals surface area contributed by atoms with Crippen molar-refractivity contribution in [3.8, 4) is 17.4 Å². The van der Waals surface area contributed by atoms with E-state index in [2.05, 4.69) is 69.6 Å². The van der Waals surface area contributed by atoms with Gasteiger partial charge < -0.3 is 25.6 Å². The Morgan fingerprint density at radius 2 is 1.50 bits per heavy atom. The number of hydrogen-bond acceptors (Lipinski definition) is 32. The molecule has 0 unspecified atom stereocenters. The third-order valence-corrected chi connectivity index (χ3v) is 16.2. The smallest absolute Gasteiger partial charge is 0.296 e. The molecule has 31 nitrogen and oxygen atoms in total. The molecular weight excluding hydrogens is 1180 g/mol. The molecule has 0 radical (unpaired) electrons. The zero-order valence-corrected chi connectivity index (χ0v) is 45.5. The predicted molar refractivity (Wildman–Crippen MR) is 282 cm³/mol. The van der Waals surface area contributed by atoms with E-state index in [9.17, 15) is 40.9 Å². The second-order valence-electron chi connectivity index (χ2n) is 15.3. The first-order valence-corrected chi connectivity index (χ1v) is 29.0. The number of pyridine rings is 1. The molecule has 0 aliphatic carbocycles. The second kappa shape index (κ2) is 27.2. The molecule has 0 bridgehead atoms. The number of ether oxygens (including phenoxy) is 1. The molecule has 9 N–H and O–H groups in total. The zero-order valence-electron chi connectivity index (χ0n) is 39.7. The average Bonchev–Trinajstić information content (AvgIpc) is 4.11. The van der Waals surface area contributed by atoms with Gasteiger partial charge in [0, 0.05) is 65.9 Å². The largest absolute Gasteiger partial charge is 0.505 e. The number of primary amides is 1. The van der Waals surface area contributed by atoms with Crippen molar-refractivity contribution in [1.82, 2.24) is 19.6 Å². The summed E-state index contributed by atoms with van der Waals surface area (Å²) in [5.74, 6) is -1.70. The lowest BCUT2D eigenvalue weighted by atomic mass is 10.1. The Kier molecular flexibility index (Phi) is 20.8. The number of benzene rings is 4. The van der Waals surface area contributed by atoms with E-state index in [1.807, 2.05) is 0 Å². The summed E-state index contributed by atoms with van der Waals surface area (Å²) in [6, 6.07) is 12.6. The Morgan fingerprint density at radius 3 is 2.21 bits per heavy atom. The summed E-state index contributed by atoms with van der Waals surface area (Å²) >= 11 is 4.30. The molecule has 4 aromatic carbocycles. The number of amides is 1. The fraction of sp³-hybridized carbons (Fsp3) is 0.250. The van der Waals surface area contributed by atoms with Crippen LogP contribution in [0.2, 0.25) is 0 Å². The van der Waals surface area contributed by atoms with Crippen molar-refractivity contribution in [2.75, 3.05) is 48.1 Å². The van der Waals surface area contributed by atoms with Gasteiger partial charge in [-0.3, -0.25) is 18.3 Å². The predicted octanol–water partition coefficient (Wildman–Crippen LogP) is 9.95. The Hall–Kier alpha value is -6.02. The number of phenols is 1. The van der Waals surface area contributed by atoms with Crippen LogP contribution in [0.15, 0.2) is 99.4 Å². The molecule has 0 atom stereocenters. The van der Waals surface area contributed by atoms with Crippen molar-refractivity contribution in [3.05, 3.63) is 65.7 Å². The van der Waals surface area contributed by atoms with E-state index in [4.69, 9.17) is 30.6 Å². The van der Waals surface area contributed by atoms with Crippen LogP contribution >= 0.6 is 59.2 Å². The van der Waals surface area contributed by atoms with Crippen LogP contribution in [-0.2, 0) is 48.4 Å². The first kappa shape index (κ1) is 59.6. The number of imidazole rings is 1. The summed E-state index contributed by atoms with van der Waals surface area (Å²) in [5, 5.41) is 94.3. The minimum absolute atomic E-state index is 0.00175. The van der Waals surface area contributed by atoms with Crippen LogP contribution in [0.4, 0.5) is 39.3 Å². The summed E-state index contributed by atoms with van der Waals surface area (Å²) in [5.41, 5.74) is 5.25. The number of fused-ring (bicyclic) bond motifs is 4. The minimum Gasteiger partial charge on any atom is -0.505 e. The van der Waals surface area contributed by atoms with E-state index >= 15 is 0 Å². The van der Waals surface area contributed by atoms with Crippen LogP contribution < -0.4 is 15.4 Å². The monoisotopic (exact) mass is 1220 g/mol. The van der Waals surface area contributed by atoms with Crippen molar-refractivity contribution in [3.63, 3.8) is 0 Å². The number of aromatic nitrogens is 4. The summed E-state index contributed by atoms with van der Waals surface area (Å²) in [6.07, 6.45) is 0.167. The number of nitrogens with zero attached hydrogens (tertiary/aromatic N) is 11. The summed E-state index contributed by atoms with van der Waals surface area (Å²) in [7, 11) is -8.28. The first-order chi connectivity index (χ1) is 37.4. The van der Waals surface area contributed by atoms with Crippen LogP contribution in [0.3, 0.4) is 0 Å². The molecule has 78 heavy (non-hydrogen) atoms. The van der Waals surface area contributed by atoms with Crippen molar-refractivity contribution < 1.29 is 89.6 Å². The van der Waals surface area contributed by atoms with Gasteiger partial charge in [0.25, 0.3) is 31.3 Å². The molecule has 416 valence electrons. The number of methoxy groups -OCH3 is 1. The molecule has 38 heteroatoms. The third-order valence-electron chi connectivity index (χ3n) is 10.6. The molecular formula is C40H40N12O19S7. The van der Waals surface area contributed by atoms with Crippen LogP contribution in [-0.4, -0.2) is 121 Å². The number of rotatable bonds is 29. The van der Waals surface area contributed by atoms with E-state index in [1.54, 1.807) is 29.2 Å². The molecule has 0 saturated heterocycles. The van der Waals surface area contributed by atoms with E-state index in [1.165, 1.54) is 48.4 Å². The van der Waals surface area contributed by atoms with Gasteiger partial charge in [-0.25, -0.2) is 20.8 Å². The lowest BCUT2D eigenvalue weighted by Gasteiger charge is -2.26. The first-order valence-electron chi connectivity index (χ1n) is 21.6. The molecule has 3 aromatic heterocycles. The lowest BCUT2D eigenvalue weighted by Crippen LogP contribution is -2.27. The highest BCUT2D eigenvalue weighted by molar-refractivity contribution is 8.02. The van der Waals surface area contributed by atoms with Crippen molar-refractivity contribution in [1.29, 1.82) is 0 Å². The van der Waals surface area contributed by atoms with Crippen LogP contribution in [0.1, 0.15) is 28.8 Å². The molecule has 0 aliphatic rings. The Labute approximate surface area is 460 Å². The maximum Gasteiger partial charge on any atom is 0.296 e. The highest BCUT2D eigenvalue weighted by Crippen LogP contribution is 2.49. The van der Waals surface area contributed by atoms with E-state index in [0.717, 1.165) is 47.6 Å². The van der Waals surface area contributed by atoms with Crippen molar-refractivity contribution in [2.45, 2.75) is 33.9 Å². The summed E-state index contributed by atoms with van der Waals surface area (Å²) in [4.78, 5) is 17.9. The quantitative estimate of drug-likeness (QED) is 0.00411. The number of azo groups is 3. The van der Waals surface area contributed by atoms with Gasteiger partial charge in [-0.1, -0.05) is 50.3 Å². The third kappa shape index (κ3) is 14.8. The van der Waals surface area contributed by atoms with Gasteiger partial charge in [0.05, 0.1) is 52.1 Å². The average molecular weight is 1220 g/mol. The summed E-state index contributed by atoms with van der Waals surface area (Å²) in [6.45, 7) is 1.46. The molecule has 7 rings (SSSR count). The lowest BCUT2D eigenvalue weighted by molar-refractivity contribution is -0.432. The maximum atomic E-state index is 12.9. The number of aromatic hydroxyl groups is 2. The maximum absolute atomic E-state index is 12.9. The number of nitrogens with two attached hydrogens (primary N) is 1. The standard InChI is InChI=1S/C40H40N12O19S7/c1-20-32(36(41)54)37-42-23-7-3-4-8-27(23)52(37)38(55)33(20)46-45-26-17-22-21(16-31(26)78(62,63)64)15-30(76-71-68-58)34(35(22)53)47-43-24-19-29(65-2)25(44-48-39-49-50-40(75-39)72-12-13-74-70-67-57)18-28(24)51(9-5-11-73-69-66-56)10-6-14-77(59,60)61/h3-4,7-8,15-19,53,55-58H,5-6,9-14H2,1-2H3,(H2,41,54)(H,59,60,61)(H,62,63,64). The van der Waals surface area contributed by atoms with Gasteiger partial charge >= 0.3 is 0 Å². The van der Waals surface area contributed by atoms with Gasteiger partial charge in [0.1, 0.15) is 39.1 Å². The fourth-order valence-electron chi connectivity index (χ4n) is 7.35. The van der Waals surface area contributed by atoms with Crippen LogP contribution in [0, 0.1) is 6.92 Å². The number of thioether (sulfide) groups is 1. The fourth-order valence-corrected chi connectivity index (χ4v) is 11.4. The minimum atomic E-state index is -5.16. The summed E-state index contributed by atoms with van der Waals surface area (Å²) < 4.78 is 90.6. The Balaban J connectivity index is 1.36. The number of para-hydroxylation sites is 2. The van der Waals surface area contributed by atoms with E-state index in [-0.39, 0.29) is 103 Å². The van der Waals surface area contributed by atoms with Gasteiger partial charge in [-0.05, 0) is 67.1 Å². The normalized spacial score (nSPS) is 12.4.